The van der Waals surface area contributed by atoms with Crippen LogP contribution in [0, 0.1) is 5.92 Å². The molecule has 18 heavy (non-hydrogen) atoms. The van der Waals surface area contributed by atoms with E-state index in [2.05, 4.69) is 19.2 Å². The molecule has 1 N–H and O–H groups in total. The Bertz CT molecular complexity index is 462. The van der Waals surface area contributed by atoms with Gasteiger partial charge in [0.2, 0.25) is 0 Å². The van der Waals surface area contributed by atoms with Gasteiger partial charge in [-0.05, 0) is 44.2 Å². The van der Waals surface area contributed by atoms with Crippen molar-refractivity contribution in [2.24, 2.45) is 5.92 Å². The van der Waals surface area contributed by atoms with E-state index in [4.69, 9.17) is 0 Å². The lowest BCUT2D eigenvalue weighted by Crippen LogP contribution is -2.30. The van der Waals surface area contributed by atoms with E-state index in [0.717, 1.165) is 19.4 Å². The molecular formula is C15H24N2O. The van der Waals surface area contributed by atoms with E-state index < -0.39 is 0 Å². The van der Waals surface area contributed by atoms with Gasteiger partial charge in [-0.1, -0.05) is 19.9 Å². The molecule has 3 heteroatoms. The number of hydrogen-bond acceptors (Lipinski definition) is 2. The summed E-state index contributed by atoms with van der Waals surface area (Å²) in [4.78, 5) is 12.0. The molecule has 0 saturated heterocycles. The second kappa shape index (κ2) is 5.70. The largest absolute Gasteiger partial charge is 0.313 e. The molecule has 1 unspecified atom stereocenters. The van der Waals surface area contributed by atoms with Gasteiger partial charge in [-0.15, -0.1) is 0 Å². The van der Waals surface area contributed by atoms with Crippen molar-refractivity contribution in [1.29, 1.82) is 0 Å². The Morgan fingerprint density at radius 1 is 1.44 bits per heavy atom. The van der Waals surface area contributed by atoms with Crippen LogP contribution in [0.1, 0.15) is 50.4 Å². The lowest BCUT2D eigenvalue weighted by Gasteiger charge is -2.27. The summed E-state index contributed by atoms with van der Waals surface area (Å²) in [6.07, 6.45) is 4.46. The monoisotopic (exact) mass is 248 g/mol. The minimum atomic E-state index is 0.158. The van der Waals surface area contributed by atoms with Crippen LogP contribution in [0.25, 0.3) is 0 Å². The van der Waals surface area contributed by atoms with Crippen molar-refractivity contribution in [3.8, 4) is 0 Å². The van der Waals surface area contributed by atoms with E-state index in [0.29, 0.717) is 12.0 Å². The van der Waals surface area contributed by atoms with Crippen LogP contribution < -0.4 is 10.9 Å². The number of hydrogen-bond donors (Lipinski definition) is 1. The molecule has 0 bridgehead atoms. The Morgan fingerprint density at radius 2 is 2.22 bits per heavy atom. The second-order valence-corrected chi connectivity index (χ2v) is 5.64. The van der Waals surface area contributed by atoms with Crippen LogP contribution in [-0.4, -0.2) is 11.6 Å². The third-order valence-corrected chi connectivity index (χ3v) is 3.89. The molecule has 0 aliphatic heterocycles. The molecule has 0 amide bonds. The fourth-order valence-electron chi connectivity index (χ4n) is 2.79. The molecule has 1 aliphatic rings. The maximum absolute atomic E-state index is 12.0. The maximum atomic E-state index is 12.0. The number of nitrogens with zero attached hydrogens (tertiary/aromatic N) is 1. The van der Waals surface area contributed by atoms with Gasteiger partial charge in [0.1, 0.15) is 0 Å². The molecule has 2 rings (SSSR count). The lowest BCUT2D eigenvalue weighted by molar-refractivity contribution is 0.447. The lowest BCUT2D eigenvalue weighted by atomic mass is 9.91. The molecular weight excluding hydrogens is 224 g/mol. The van der Waals surface area contributed by atoms with Gasteiger partial charge < -0.3 is 9.88 Å². The highest BCUT2D eigenvalue weighted by Crippen LogP contribution is 2.28. The van der Waals surface area contributed by atoms with Crippen molar-refractivity contribution in [3.63, 3.8) is 0 Å². The van der Waals surface area contributed by atoms with Gasteiger partial charge in [0.05, 0.1) is 0 Å². The van der Waals surface area contributed by atoms with Crippen LogP contribution in [0.2, 0.25) is 0 Å². The summed E-state index contributed by atoms with van der Waals surface area (Å²) in [5, 5.41) is 3.36. The molecule has 0 saturated carbocycles. The fourth-order valence-corrected chi connectivity index (χ4v) is 2.79. The fraction of sp³-hybridized carbons (Fsp3) is 0.667. The number of aromatic nitrogens is 1. The van der Waals surface area contributed by atoms with Gasteiger partial charge in [-0.2, -0.15) is 0 Å². The molecule has 3 nitrogen and oxygen atoms in total. The Balaban J connectivity index is 2.36. The Hall–Kier alpha value is -1.09. The normalized spacial score (nSPS) is 19.0. The highest BCUT2D eigenvalue weighted by atomic mass is 16.1. The van der Waals surface area contributed by atoms with Gasteiger partial charge in [-0.25, -0.2) is 0 Å². The number of rotatable bonds is 4. The first-order valence-corrected chi connectivity index (χ1v) is 7.03. The topological polar surface area (TPSA) is 34.0 Å². The SMILES string of the molecule is CNC1CCCc2c1ccc(=O)n2CCC(C)C. The molecule has 0 radical (unpaired) electrons. The minimum Gasteiger partial charge on any atom is -0.313 e. The summed E-state index contributed by atoms with van der Waals surface area (Å²) in [7, 11) is 2.00. The predicted octanol–water partition coefficient (Wildman–Crippen LogP) is 2.49. The van der Waals surface area contributed by atoms with Gasteiger partial charge in [-0.3, -0.25) is 4.79 Å². The van der Waals surface area contributed by atoms with E-state index >= 15 is 0 Å². The summed E-state index contributed by atoms with van der Waals surface area (Å²) in [5.74, 6) is 0.636. The minimum absolute atomic E-state index is 0.158. The zero-order valence-corrected chi connectivity index (χ0v) is 11.7. The first kappa shape index (κ1) is 13.3. The third-order valence-electron chi connectivity index (χ3n) is 3.89. The van der Waals surface area contributed by atoms with E-state index in [1.165, 1.54) is 24.1 Å². The first-order chi connectivity index (χ1) is 8.63. The van der Waals surface area contributed by atoms with Gasteiger partial charge in [0.15, 0.2) is 0 Å². The molecule has 1 aromatic rings. The quantitative estimate of drug-likeness (QED) is 0.888. The van der Waals surface area contributed by atoms with E-state index in [1.54, 1.807) is 6.07 Å². The Kier molecular flexibility index (Phi) is 4.23. The summed E-state index contributed by atoms with van der Waals surface area (Å²) in [5.41, 5.74) is 2.74. The van der Waals surface area contributed by atoms with Crippen LogP contribution in [0.3, 0.4) is 0 Å². The molecule has 0 fully saturated rings. The van der Waals surface area contributed by atoms with Crippen molar-refractivity contribution in [3.05, 3.63) is 33.7 Å². The first-order valence-electron chi connectivity index (χ1n) is 7.03. The second-order valence-electron chi connectivity index (χ2n) is 5.64. The standard InChI is InChI=1S/C15H24N2O/c1-11(2)9-10-17-14-6-4-5-13(16-3)12(14)7-8-15(17)18/h7-8,11,13,16H,4-6,9-10H2,1-3H3. The third kappa shape index (κ3) is 2.66. The van der Waals surface area contributed by atoms with Gasteiger partial charge in [0, 0.05) is 24.3 Å². The van der Waals surface area contributed by atoms with Crippen molar-refractivity contribution in [1.82, 2.24) is 9.88 Å². The Morgan fingerprint density at radius 3 is 2.89 bits per heavy atom. The average Bonchev–Trinajstić information content (AvgIpc) is 2.36. The summed E-state index contributed by atoms with van der Waals surface area (Å²) >= 11 is 0. The zero-order chi connectivity index (χ0) is 13.1. The molecule has 1 aliphatic carbocycles. The van der Waals surface area contributed by atoms with Crippen LogP contribution in [0.4, 0.5) is 0 Å². The van der Waals surface area contributed by atoms with E-state index in [1.807, 2.05) is 17.7 Å². The summed E-state index contributed by atoms with van der Waals surface area (Å²) < 4.78 is 2.00. The smallest absolute Gasteiger partial charge is 0.250 e. The highest BCUT2D eigenvalue weighted by molar-refractivity contribution is 5.27. The van der Waals surface area contributed by atoms with E-state index in [-0.39, 0.29) is 5.56 Å². The molecule has 0 spiro atoms. The highest BCUT2D eigenvalue weighted by Gasteiger charge is 2.21. The van der Waals surface area contributed by atoms with Crippen LogP contribution in [-0.2, 0) is 13.0 Å². The number of nitrogens with one attached hydrogen (secondary N) is 1. The Labute approximate surface area is 109 Å². The predicted molar refractivity (Wildman–Crippen MR) is 74.9 cm³/mol. The van der Waals surface area contributed by atoms with Crippen molar-refractivity contribution >= 4 is 0 Å². The maximum Gasteiger partial charge on any atom is 0.250 e. The average molecular weight is 248 g/mol. The van der Waals surface area contributed by atoms with E-state index in [9.17, 15) is 4.79 Å². The molecule has 1 aromatic heterocycles. The van der Waals surface area contributed by atoms with Gasteiger partial charge in [0.25, 0.3) is 5.56 Å². The zero-order valence-electron chi connectivity index (χ0n) is 11.7. The van der Waals surface area contributed by atoms with Crippen LogP contribution in [0.15, 0.2) is 16.9 Å². The van der Waals surface area contributed by atoms with Crippen molar-refractivity contribution in [2.45, 2.75) is 52.1 Å². The number of pyridine rings is 1. The summed E-state index contributed by atoms with van der Waals surface area (Å²) in [6, 6.07) is 4.17. The van der Waals surface area contributed by atoms with Gasteiger partial charge >= 0.3 is 0 Å². The summed E-state index contributed by atoms with van der Waals surface area (Å²) in [6.45, 7) is 5.27. The van der Waals surface area contributed by atoms with Crippen molar-refractivity contribution < 1.29 is 0 Å². The molecule has 1 heterocycles. The van der Waals surface area contributed by atoms with Crippen LogP contribution in [0.5, 0.6) is 0 Å². The van der Waals surface area contributed by atoms with Crippen molar-refractivity contribution in [2.75, 3.05) is 7.05 Å². The van der Waals surface area contributed by atoms with Crippen LogP contribution >= 0.6 is 0 Å². The molecule has 1 atom stereocenters. The molecule has 0 aromatic carbocycles. The number of fused-ring (bicyclic) bond motifs is 1. The molecule has 100 valence electrons.